The van der Waals surface area contributed by atoms with Crippen LogP contribution < -0.4 is 5.32 Å². The molecule has 1 aromatic carbocycles. The van der Waals surface area contributed by atoms with Crippen molar-refractivity contribution in [3.8, 4) is 0 Å². The fourth-order valence-corrected chi connectivity index (χ4v) is 5.36. The number of carbonyl (C=O) groups is 2. The molecule has 0 aliphatic heterocycles. The Bertz CT molecular complexity index is 638. The van der Waals surface area contributed by atoms with E-state index in [1.165, 1.54) is 0 Å². The SMILES string of the molecule is O=C(O)[C@@H]1[C@H](C(=O)Nc2ccc(Br)cc2)[C@@H]2CC[C@H]1C21CC1. The van der Waals surface area contributed by atoms with Crippen molar-refractivity contribution < 1.29 is 14.7 Å². The van der Waals surface area contributed by atoms with Crippen LogP contribution in [0.3, 0.4) is 0 Å². The summed E-state index contributed by atoms with van der Waals surface area (Å²) in [6.45, 7) is 0. The number of benzene rings is 1. The van der Waals surface area contributed by atoms with Crippen molar-refractivity contribution in [2.75, 3.05) is 5.32 Å². The third-order valence-corrected chi connectivity index (χ3v) is 6.58. The molecule has 0 saturated heterocycles. The highest BCUT2D eigenvalue weighted by atomic mass is 79.9. The molecule has 1 spiro atoms. The average Bonchev–Trinajstić information content (AvgIpc) is 3.15. The summed E-state index contributed by atoms with van der Waals surface area (Å²) in [6, 6.07) is 7.40. The molecule has 22 heavy (non-hydrogen) atoms. The van der Waals surface area contributed by atoms with Crippen molar-refractivity contribution in [2.24, 2.45) is 29.1 Å². The van der Waals surface area contributed by atoms with Gasteiger partial charge in [0.1, 0.15) is 0 Å². The fraction of sp³-hybridized carbons (Fsp3) is 0.529. The number of amides is 1. The zero-order valence-corrected chi connectivity index (χ0v) is 13.7. The van der Waals surface area contributed by atoms with E-state index in [1.807, 2.05) is 24.3 Å². The van der Waals surface area contributed by atoms with Gasteiger partial charge in [-0.3, -0.25) is 9.59 Å². The van der Waals surface area contributed by atoms with Crippen LogP contribution in [0.25, 0.3) is 0 Å². The van der Waals surface area contributed by atoms with Gasteiger partial charge in [0.15, 0.2) is 0 Å². The number of anilines is 1. The Balaban J connectivity index is 1.59. The van der Waals surface area contributed by atoms with E-state index < -0.39 is 11.9 Å². The molecule has 2 bridgehead atoms. The van der Waals surface area contributed by atoms with E-state index in [4.69, 9.17) is 0 Å². The molecule has 5 heteroatoms. The van der Waals surface area contributed by atoms with Gasteiger partial charge in [-0.25, -0.2) is 0 Å². The summed E-state index contributed by atoms with van der Waals surface area (Å²) < 4.78 is 0.950. The molecule has 1 amide bonds. The maximum atomic E-state index is 12.7. The standard InChI is InChI=1S/C17H18BrNO3/c18-9-1-3-10(4-2-9)19-15(20)13-11-5-6-12(14(13)16(21)22)17(11)7-8-17/h1-4,11-14H,5-8H2,(H,19,20)(H,21,22)/t11-,12+,13+,14-/m0/s1. The van der Waals surface area contributed by atoms with Gasteiger partial charge >= 0.3 is 5.97 Å². The van der Waals surface area contributed by atoms with Gasteiger partial charge in [0.25, 0.3) is 0 Å². The summed E-state index contributed by atoms with van der Waals surface area (Å²) in [5, 5.41) is 12.6. The Morgan fingerprint density at radius 3 is 2.23 bits per heavy atom. The Labute approximate surface area is 137 Å². The van der Waals surface area contributed by atoms with E-state index in [9.17, 15) is 14.7 Å². The number of rotatable bonds is 3. The van der Waals surface area contributed by atoms with Crippen molar-refractivity contribution in [3.63, 3.8) is 0 Å². The first-order chi connectivity index (χ1) is 10.5. The maximum absolute atomic E-state index is 12.7. The molecule has 0 aromatic heterocycles. The molecule has 3 fully saturated rings. The van der Waals surface area contributed by atoms with Gasteiger partial charge in [-0.2, -0.15) is 0 Å². The predicted octanol–water partition coefficient (Wildman–Crippen LogP) is 3.52. The average molecular weight is 364 g/mol. The summed E-state index contributed by atoms with van der Waals surface area (Å²) in [5.41, 5.74) is 0.898. The molecule has 116 valence electrons. The molecule has 4 rings (SSSR count). The molecular formula is C17H18BrNO3. The Morgan fingerprint density at radius 2 is 1.68 bits per heavy atom. The van der Waals surface area contributed by atoms with Gasteiger partial charge in [-0.15, -0.1) is 0 Å². The van der Waals surface area contributed by atoms with Crippen LogP contribution in [0, 0.1) is 29.1 Å². The van der Waals surface area contributed by atoms with E-state index >= 15 is 0 Å². The van der Waals surface area contributed by atoms with Crippen LogP contribution in [0.15, 0.2) is 28.7 Å². The lowest BCUT2D eigenvalue weighted by molar-refractivity contribution is -0.148. The summed E-state index contributed by atoms with van der Waals surface area (Å²) >= 11 is 3.37. The van der Waals surface area contributed by atoms with Gasteiger partial charge in [0.05, 0.1) is 11.8 Å². The molecule has 0 unspecified atom stereocenters. The first kappa shape index (κ1) is 14.2. The number of carboxylic acids is 1. The van der Waals surface area contributed by atoms with Gasteiger partial charge in [-0.1, -0.05) is 15.9 Å². The normalized spacial score (nSPS) is 33.9. The molecule has 2 N–H and O–H groups in total. The van der Waals surface area contributed by atoms with Crippen molar-refractivity contribution >= 4 is 33.5 Å². The zero-order valence-electron chi connectivity index (χ0n) is 12.1. The molecule has 0 heterocycles. The molecule has 3 aliphatic rings. The summed E-state index contributed by atoms with van der Waals surface area (Å²) in [4.78, 5) is 24.5. The zero-order chi connectivity index (χ0) is 15.5. The van der Waals surface area contributed by atoms with Crippen molar-refractivity contribution in [2.45, 2.75) is 25.7 Å². The molecule has 3 saturated carbocycles. The number of hydrogen-bond donors (Lipinski definition) is 2. The van der Waals surface area contributed by atoms with E-state index in [-0.39, 0.29) is 29.1 Å². The first-order valence-corrected chi connectivity index (χ1v) is 8.61. The number of aliphatic carboxylic acids is 1. The lowest BCUT2D eigenvalue weighted by Gasteiger charge is -2.26. The molecular weight excluding hydrogens is 346 g/mol. The molecule has 1 aromatic rings. The monoisotopic (exact) mass is 363 g/mol. The van der Waals surface area contributed by atoms with Gasteiger partial charge in [0.2, 0.25) is 5.91 Å². The predicted molar refractivity (Wildman–Crippen MR) is 85.3 cm³/mol. The van der Waals surface area contributed by atoms with Gasteiger partial charge in [0, 0.05) is 10.2 Å². The Morgan fingerprint density at radius 1 is 1.09 bits per heavy atom. The third-order valence-electron chi connectivity index (χ3n) is 6.05. The van der Waals surface area contributed by atoms with E-state index in [0.29, 0.717) is 0 Å². The van der Waals surface area contributed by atoms with E-state index in [2.05, 4.69) is 21.2 Å². The first-order valence-electron chi connectivity index (χ1n) is 7.82. The van der Waals surface area contributed by atoms with Crippen LogP contribution in [0.1, 0.15) is 25.7 Å². The van der Waals surface area contributed by atoms with Crippen LogP contribution in [-0.4, -0.2) is 17.0 Å². The largest absolute Gasteiger partial charge is 0.481 e. The lowest BCUT2D eigenvalue weighted by Crippen LogP contribution is -2.37. The highest BCUT2D eigenvalue weighted by Crippen LogP contribution is 2.74. The molecule has 0 radical (unpaired) electrons. The fourth-order valence-electron chi connectivity index (χ4n) is 5.10. The smallest absolute Gasteiger partial charge is 0.307 e. The molecule has 4 nitrogen and oxygen atoms in total. The lowest BCUT2D eigenvalue weighted by atomic mass is 9.78. The quantitative estimate of drug-likeness (QED) is 0.863. The van der Waals surface area contributed by atoms with Crippen LogP contribution in [0.2, 0.25) is 0 Å². The second-order valence-corrected chi connectivity index (χ2v) is 7.83. The number of carboxylic acid groups (broad SMARTS) is 1. The van der Waals surface area contributed by atoms with Crippen LogP contribution in [-0.2, 0) is 9.59 Å². The third kappa shape index (κ3) is 1.94. The minimum absolute atomic E-state index is 0.117. The summed E-state index contributed by atoms with van der Waals surface area (Å²) in [7, 11) is 0. The number of hydrogen-bond acceptors (Lipinski definition) is 2. The van der Waals surface area contributed by atoms with Crippen molar-refractivity contribution in [1.29, 1.82) is 0 Å². The van der Waals surface area contributed by atoms with E-state index in [1.54, 1.807) is 0 Å². The number of carbonyl (C=O) groups excluding carboxylic acids is 1. The van der Waals surface area contributed by atoms with Crippen LogP contribution in [0.5, 0.6) is 0 Å². The van der Waals surface area contributed by atoms with E-state index in [0.717, 1.165) is 35.8 Å². The topological polar surface area (TPSA) is 66.4 Å². The summed E-state index contributed by atoms with van der Waals surface area (Å²) in [6.07, 6.45) is 4.19. The highest BCUT2D eigenvalue weighted by molar-refractivity contribution is 9.10. The Hall–Kier alpha value is -1.36. The second kappa shape index (κ2) is 4.82. The van der Waals surface area contributed by atoms with Crippen LogP contribution in [0.4, 0.5) is 5.69 Å². The minimum Gasteiger partial charge on any atom is -0.481 e. The Kier molecular flexibility index (Phi) is 3.12. The van der Waals surface area contributed by atoms with Crippen molar-refractivity contribution in [1.82, 2.24) is 0 Å². The number of halogens is 1. The molecule has 3 aliphatic carbocycles. The summed E-state index contributed by atoms with van der Waals surface area (Å²) in [5.74, 6) is -1.33. The molecule has 4 atom stereocenters. The van der Waals surface area contributed by atoms with Crippen LogP contribution >= 0.6 is 15.9 Å². The number of nitrogens with one attached hydrogen (secondary N) is 1. The van der Waals surface area contributed by atoms with Gasteiger partial charge in [-0.05, 0) is 67.2 Å². The van der Waals surface area contributed by atoms with Crippen molar-refractivity contribution in [3.05, 3.63) is 28.7 Å². The second-order valence-electron chi connectivity index (χ2n) is 6.91. The van der Waals surface area contributed by atoms with Gasteiger partial charge < -0.3 is 10.4 Å². The minimum atomic E-state index is -0.797. The maximum Gasteiger partial charge on any atom is 0.307 e. The highest BCUT2D eigenvalue weighted by Gasteiger charge is 2.71.